The van der Waals surface area contributed by atoms with Crippen LogP contribution in [0.3, 0.4) is 0 Å². The molecule has 1 atom stereocenters. The second kappa shape index (κ2) is 7.18. The summed E-state index contributed by atoms with van der Waals surface area (Å²) in [6.07, 6.45) is 0. The Bertz CT molecular complexity index is 656. The maximum absolute atomic E-state index is 12.2. The van der Waals surface area contributed by atoms with Gasteiger partial charge < -0.3 is 15.4 Å². The highest BCUT2D eigenvalue weighted by Gasteiger charge is 2.15. The fraction of sp³-hybridized carbons (Fsp3) is 0.235. The zero-order chi connectivity index (χ0) is 16.1. The molecule has 0 radical (unpaired) electrons. The number of ether oxygens (including phenoxy) is 1. The van der Waals surface area contributed by atoms with E-state index in [4.69, 9.17) is 16.3 Å². The Morgan fingerprint density at radius 3 is 2.50 bits per heavy atom. The van der Waals surface area contributed by atoms with Crippen molar-refractivity contribution in [3.05, 3.63) is 53.1 Å². The van der Waals surface area contributed by atoms with Crippen LogP contribution in [0.4, 0.5) is 11.4 Å². The Morgan fingerprint density at radius 1 is 1.18 bits per heavy atom. The first-order chi connectivity index (χ1) is 10.5. The molecule has 0 saturated heterocycles. The molecule has 0 heterocycles. The van der Waals surface area contributed by atoms with Crippen LogP contribution in [0.2, 0.25) is 5.02 Å². The average Bonchev–Trinajstić information content (AvgIpc) is 2.49. The Labute approximate surface area is 135 Å². The number of amides is 1. The van der Waals surface area contributed by atoms with Crippen molar-refractivity contribution >= 4 is 28.9 Å². The number of nitrogens with one attached hydrogen (secondary N) is 2. The fourth-order valence-electron chi connectivity index (χ4n) is 2.02. The van der Waals surface area contributed by atoms with Crippen molar-refractivity contribution in [1.29, 1.82) is 0 Å². The monoisotopic (exact) mass is 318 g/mol. The first kappa shape index (κ1) is 16.2. The van der Waals surface area contributed by atoms with E-state index >= 15 is 0 Å². The van der Waals surface area contributed by atoms with Gasteiger partial charge in [-0.1, -0.05) is 17.7 Å². The number of hydrogen-bond acceptors (Lipinski definition) is 3. The van der Waals surface area contributed by atoms with E-state index < -0.39 is 6.04 Å². The minimum absolute atomic E-state index is 0.133. The number of halogens is 1. The van der Waals surface area contributed by atoms with Gasteiger partial charge in [0.15, 0.2) is 0 Å². The van der Waals surface area contributed by atoms with Gasteiger partial charge >= 0.3 is 0 Å². The third-order valence-corrected chi connectivity index (χ3v) is 3.48. The lowest BCUT2D eigenvalue weighted by Gasteiger charge is -2.18. The van der Waals surface area contributed by atoms with Gasteiger partial charge in [-0.25, -0.2) is 0 Å². The van der Waals surface area contributed by atoms with Gasteiger partial charge in [0.2, 0.25) is 5.91 Å². The molecule has 0 unspecified atom stereocenters. The summed E-state index contributed by atoms with van der Waals surface area (Å²) in [4.78, 5) is 12.2. The highest BCUT2D eigenvalue weighted by atomic mass is 35.5. The normalized spacial score (nSPS) is 11.6. The maximum Gasteiger partial charge on any atom is 0.246 e. The number of benzene rings is 2. The Balaban J connectivity index is 2.05. The van der Waals surface area contributed by atoms with Crippen molar-refractivity contribution in [3.8, 4) is 5.75 Å². The molecule has 0 aromatic heterocycles. The summed E-state index contributed by atoms with van der Waals surface area (Å²) in [7, 11) is 1.61. The van der Waals surface area contributed by atoms with E-state index in [-0.39, 0.29) is 5.91 Å². The highest BCUT2D eigenvalue weighted by Crippen LogP contribution is 2.26. The first-order valence-corrected chi connectivity index (χ1v) is 7.35. The van der Waals surface area contributed by atoms with Crippen LogP contribution in [0, 0.1) is 6.92 Å². The minimum atomic E-state index is -0.411. The van der Waals surface area contributed by atoms with Crippen molar-refractivity contribution in [3.63, 3.8) is 0 Å². The quantitative estimate of drug-likeness (QED) is 0.872. The first-order valence-electron chi connectivity index (χ1n) is 6.97. The second-order valence-electron chi connectivity index (χ2n) is 5.07. The predicted molar refractivity (Wildman–Crippen MR) is 90.9 cm³/mol. The van der Waals surface area contributed by atoms with Crippen molar-refractivity contribution in [2.24, 2.45) is 0 Å². The molecule has 2 aromatic rings. The van der Waals surface area contributed by atoms with E-state index in [1.54, 1.807) is 38.3 Å². The van der Waals surface area contributed by atoms with E-state index in [0.29, 0.717) is 16.5 Å². The number of carbonyl (C=O) groups is 1. The molecular formula is C17H19ClN2O2. The Kier molecular flexibility index (Phi) is 5.28. The number of rotatable bonds is 5. The molecular weight excluding hydrogens is 300 g/mol. The van der Waals surface area contributed by atoms with Crippen LogP contribution in [-0.2, 0) is 4.79 Å². The lowest BCUT2D eigenvalue weighted by atomic mass is 10.2. The molecule has 0 aliphatic rings. The molecule has 0 bridgehead atoms. The predicted octanol–water partition coefficient (Wildman–Crippen LogP) is 4.10. The van der Waals surface area contributed by atoms with E-state index in [0.717, 1.165) is 11.3 Å². The zero-order valence-corrected chi connectivity index (χ0v) is 13.6. The average molecular weight is 319 g/mol. The van der Waals surface area contributed by atoms with Gasteiger partial charge in [-0.2, -0.15) is 0 Å². The minimum Gasteiger partial charge on any atom is -0.495 e. The Hall–Kier alpha value is -2.20. The maximum atomic E-state index is 12.2. The number of anilines is 2. The summed E-state index contributed by atoms with van der Waals surface area (Å²) in [5, 5.41) is 6.64. The van der Waals surface area contributed by atoms with Crippen LogP contribution in [0.1, 0.15) is 12.5 Å². The molecule has 0 aliphatic carbocycles. The smallest absolute Gasteiger partial charge is 0.246 e. The number of methoxy groups -OCH3 is 1. The molecule has 2 rings (SSSR count). The molecule has 116 valence electrons. The van der Waals surface area contributed by atoms with Crippen LogP contribution in [0.25, 0.3) is 0 Å². The van der Waals surface area contributed by atoms with Crippen LogP contribution >= 0.6 is 11.6 Å². The van der Waals surface area contributed by atoms with E-state index in [1.807, 2.05) is 25.1 Å². The molecule has 5 heteroatoms. The molecule has 22 heavy (non-hydrogen) atoms. The molecule has 0 fully saturated rings. The molecule has 0 spiro atoms. The molecule has 0 saturated carbocycles. The number of hydrogen-bond donors (Lipinski definition) is 2. The van der Waals surface area contributed by atoms with Crippen molar-refractivity contribution in [1.82, 2.24) is 0 Å². The molecule has 0 aliphatic heterocycles. The lowest BCUT2D eigenvalue weighted by Crippen LogP contribution is -2.32. The van der Waals surface area contributed by atoms with Gasteiger partial charge in [-0.3, -0.25) is 4.79 Å². The van der Waals surface area contributed by atoms with Crippen LogP contribution in [0.5, 0.6) is 5.75 Å². The summed E-state index contributed by atoms with van der Waals surface area (Å²) in [5.74, 6) is 0.572. The van der Waals surface area contributed by atoms with Gasteiger partial charge in [-0.05, 0) is 55.8 Å². The summed E-state index contributed by atoms with van der Waals surface area (Å²) in [5.41, 5.74) is 2.59. The summed E-state index contributed by atoms with van der Waals surface area (Å²) in [6, 6.07) is 12.4. The third kappa shape index (κ3) is 4.15. The fourth-order valence-corrected chi connectivity index (χ4v) is 2.14. The lowest BCUT2D eigenvalue weighted by molar-refractivity contribution is -0.116. The second-order valence-corrected chi connectivity index (χ2v) is 5.50. The Morgan fingerprint density at radius 2 is 1.86 bits per heavy atom. The van der Waals surface area contributed by atoms with Gasteiger partial charge in [0, 0.05) is 10.7 Å². The third-order valence-electron chi connectivity index (χ3n) is 3.23. The van der Waals surface area contributed by atoms with Crippen LogP contribution in [0.15, 0.2) is 42.5 Å². The zero-order valence-electron chi connectivity index (χ0n) is 12.8. The molecule has 1 amide bonds. The van der Waals surface area contributed by atoms with Crippen LogP contribution in [-0.4, -0.2) is 19.1 Å². The summed E-state index contributed by atoms with van der Waals surface area (Å²) < 4.78 is 5.30. The highest BCUT2D eigenvalue weighted by molar-refractivity contribution is 6.30. The van der Waals surface area contributed by atoms with Gasteiger partial charge in [-0.15, -0.1) is 0 Å². The summed E-state index contributed by atoms with van der Waals surface area (Å²) >= 11 is 5.83. The molecule has 2 N–H and O–H groups in total. The largest absolute Gasteiger partial charge is 0.495 e. The van der Waals surface area contributed by atoms with Crippen molar-refractivity contribution in [2.75, 3.05) is 17.7 Å². The van der Waals surface area contributed by atoms with E-state index in [1.165, 1.54) is 0 Å². The van der Waals surface area contributed by atoms with Gasteiger partial charge in [0.05, 0.1) is 12.8 Å². The van der Waals surface area contributed by atoms with E-state index in [2.05, 4.69) is 10.6 Å². The molecule has 2 aromatic carbocycles. The van der Waals surface area contributed by atoms with Gasteiger partial charge in [0.25, 0.3) is 0 Å². The van der Waals surface area contributed by atoms with Crippen molar-refractivity contribution < 1.29 is 9.53 Å². The van der Waals surface area contributed by atoms with Crippen LogP contribution < -0.4 is 15.4 Å². The SMILES string of the molecule is COc1ccc(C)cc1N[C@@H](C)C(=O)Nc1ccc(Cl)cc1. The summed E-state index contributed by atoms with van der Waals surface area (Å²) in [6.45, 7) is 3.79. The van der Waals surface area contributed by atoms with Gasteiger partial charge in [0.1, 0.15) is 11.8 Å². The standard InChI is InChI=1S/C17H19ClN2O2/c1-11-4-9-16(22-3)15(10-11)19-12(2)17(21)20-14-7-5-13(18)6-8-14/h4-10,12,19H,1-3H3,(H,20,21)/t12-/m0/s1. The molecule has 4 nitrogen and oxygen atoms in total. The van der Waals surface area contributed by atoms with Crippen molar-refractivity contribution in [2.45, 2.75) is 19.9 Å². The topological polar surface area (TPSA) is 50.4 Å². The number of aryl methyl sites for hydroxylation is 1. The number of carbonyl (C=O) groups excluding carboxylic acids is 1. The van der Waals surface area contributed by atoms with E-state index in [9.17, 15) is 4.79 Å².